The number of H-pyrrole nitrogens is 2. The third kappa shape index (κ3) is 1.32. The van der Waals surface area contributed by atoms with E-state index in [0.717, 1.165) is 11.3 Å². The van der Waals surface area contributed by atoms with Gasteiger partial charge in [0.1, 0.15) is 0 Å². The summed E-state index contributed by atoms with van der Waals surface area (Å²) < 4.78 is 0. The second-order valence-corrected chi connectivity index (χ2v) is 3.54. The van der Waals surface area contributed by atoms with Crippen LogP contribution in [0.5, 0.6) is 0 Å². The predicted octanol–water partition coefficient (Wildman–Crippen LogP) is 1.92. The van der Waals surface area contributed by atoms with Crippen LogP contribution in [0.2, 0.25) is 0 Å². The molecule has 0 saturated heterocycles. The fraction of sp³-hybridized carbons (Fsp3) is 0. The zero-order valence-electron chi connectivity index (χ0n) is 8.40. The van der Waals surface area contributed by atoms with E-state index in [4.69, 9.17) is 0 Å². The van der Waals surface area contributed by atoms with Crippen molar-refractivity contribution in [3.05, 3.63) is 52.8 Å². The summed E-state index contributed by atoms with van der Waals surface area (Å²) in [6.07, 6.45) is 0. The molecule has 0 spiro atoms. The number of nitrogens with zero attached hydrogens (tertiary/aromatic N) is 1. The van der Waals surface area contributed by atoms with Crippen LogP contribution in [0, 0.1) is 0 Å². The standard InChI is InChI=1S/C12H9N3O/c16-12-9-6-7-10(13-11(9)14-15-12)8-4-2-1-3-5-8/h1-7H,(H2,13,14,15,16). The Labute approximate surface area is 90.9 Å². The molecule has 0 aliphatic carbocycles. The van der Waals surface area contributed by atoms with Gasteiger partial charge in [-0.1, -0.05) is 30.3 Å². The number of hydrogen-bond donors (Lipinski definition) is 2. The summed E-state index contributed by atoms with van der Waals surface area (Å²) in [5.41, 5.74) is 2.34. The Morgan fingerprint density at radius 3 is 2.56 bits per heavy atom. The van der Waals surface area contributed by atoms with Crippen LogP contribution in [0.1, 0.15) is 0 Å². The normalized spacial score (nSPS) is 10.8. The van der Waals surface area contributed by atoms with Gasteiger partial charge >= 0.3 is 0 Å². The van der Waals surface area contributed by atoms with Gasteiger partial charge in [0.05, 0.1) is 11.1 Å². The third-order valence-corrected chi connectivity index (χ3v) is 2.50. The first-order chi connectivity index (χ1) is 7.84. The Morgan fingerprint density at radius 2 is 1.75 bits per heavy atom. The van der Waals surface area contributed by atoms with Crippen LogP contribution in [-0.4, -0.2) is 15.2 Å². The topological polar surface area (TPSA) is 61.5 Å². The first-order valence-electron chi connectivity index (χ1n) is 4.97. The highest BCUT2D eigenvalue weighted by atomic mass is 16.1. The lowest BCUT2D eigenvalue weighted by molar-refractivity contribution is 1.06. The fourth-order valence-electron chi connectivity index (χ4n) is 1.69. The van der Waals surface area contributed by atoms with Gasteiger partial charge in [-0.15, -0.1) is 0 Å². The predicted molar refractivity (Wildman–Crippen MR) is 62.2 cm³/mol. The maximum Gasteiger partial charge on any atom is 0.273 e. The summed E-state index contributed by atoms with van der Waals surface area (Å²) in [5.74, 6) is 0. The van der Waals surface area contributed by atoms with Crippen LogP contribution in [0.25, 0.3) is 22.3 Å². The Kier molecular flexibility index (Phi) is 1.86. The average Bonchev–Trinajstić information content (AvgIpc) is 2.72. The van der Waals surface area contributed by atoms with E-state index >= 15 is 0 Å². The van der Waals surface area contributed by atoms with Gasteiger partial charge in [0, 0.05) is 5.56 Å². The Balaban J connectivity index is 2.23. The highest BCUT2D eigenvalue weighted by molar-refractivity contribution is 5.77. The number of rotatable bonds is 1. The minimum Gasteiger partial charge on any atom is -0.281 e. The molecule has 2 heterocycles. The summed E-state index contributed by atoms with van der Waals surface area (Å²) in [4.78, 5) is 15.7. The van der Waals surface area contributed by atoms with Crippen LogP contribution in [0.3, 0.4) is 0 Å². The van der Waals surface area contributed by atoms with Crippen LogP contribution in [-0.2, 0) is 0 Å². The number of pyridine rings is 1. The first kappa shape index (κ1) is 8.91. The van der Waals surface area contributed by atoms with E-state index in [9.17, 15) is 4.79 Å². The van der Waals surface area contributed by atoms with Crippen LogP contribution in [0.15, 0.2) is 47.3 Å². The lowest BCUT2D eigenvalue weighted by Crippen LogP contribution is -1.97. The molecule has 16 heavy (non-hydrogen) atoms. The molecule has 1 aromatic carbocycles. The Hall–Kier alpha value is -2.36. The molecule has 0 fully saturated rings. The van der Waals surface area contributed by atoms with Gasteiger partial charge in [0.25, 0.3) is 5.56 Å². The van der Waals surface area contributed by atoms with E-state index in [2.05, 4.69) is 15.2 Å². The summed E-state index contributed by atoms with van der Waals surface area (Å²) in [7, 11) is 0. The van der Waals surface area contributed by atoms with Crippen molar-refractivity contribution in [2.24, 2.45) is 0 Å². The van der Waals surface area contributed by atoms with Gasteiger partial charge in [-0.3, -0.25) is 15.0 Å². The second kappa shape index (κ2) is 3.34. The van der Waals surface area contributed by atoms with E-state index in [-0.39, 0.29) is 5.56 Å². The largest absolute Gasteiger partial charge is 0.281 e. The first-order valence-corrected chi connectivity index (χ1v) is 4.97. The van der Waals surface area contributed by atoms with Gasteiger partial charge in [0.2, 0.25) is 0 Å². The molecule has 0 bridgehead atoms. The molecule has 0 aliphatic heterocycles. The van der Waals surface area contributed by atoms with Crippen molar-refractivity contribution < 1.29 is 0 Å². The molecule has 2 N–H and O–H groups in total. The number of fused-ring (bicyclic) bond motifs is 1. The summed E-state index contributed by atoms with van der Waals surface area (Å²) >= 11 is 0. The van der Waals surface area contributed by atoms with Crippen molar-refractivity contribution in [3.8, 4) is 11.3 Å². The minimum atomic E-state index is -0.137. The average molecular weight is 211 g/mol. The maximum absolute atomic E-state index is 11.3. The van der Waals surface area contributed by atoms with Crippen molar-refractivity contribution in [1.82, 2.24) is 15.2 Å². The van der Waals surface area contributed by atoms with Gasteiger partial charge in [-0.2, -0.15) is 0 Å². The molecule has 78 valence electrons. The van der Waals surface area contributed by atoms with Crippen LogP contribution in [0.4, 0.5) is 0 Å². The zero-order valence-corrected chi connectivity index (χ0v) is 8.40. The summed E-state index contributed by atoms with van der Waals surface area (Å²) in [6.45, 7) is 0. The molecule has 0 radical (unpaired) electrons. The van der Waals surface area contributed by atoms with Gasteiger partial charge in [-0.05, 0) is 12.1 Å². The van der Waals surface area contributed by atoms with Crippen LogP contribution >= 0.6 is 0 Å². The molecule has 0 aliphatic rings. The summed E-state index contributed by atoms with van der Waals surface area (Å²) in [6, 6.07) is 13.5. The van der Waals surface area contributed by atoms with E-state index in [0.29, 0.717) is 11.0 Å². The van der Waals surface area contributed by atoms with E-state index in [1.807, 2.05) is 36.4 Å². The van der Waals surface area contributed by atoms with Gasteiger partial charge < -0.3 is 0 Å². The maximum atomic E-state index is 11.3. The molecule has 0 atom stereocenters. The smallest absolute Gasteiger partial charge is 0.273 e. The molecule has 4 heteroatoms. The molecule has 0 unspecified atom stereocenters. The summed E-state index contributed by atoms with van der Waals surface area (Å²) in [5, 5.41) is 5.84. The Bertz CT molecular complexity index is 682. The second-order valence-electron chi connectivity index (χ2n) is 3.54. The van der Waals surface area contributed by atoms with E-state index in [1.165, 1.54) is 0 Å². The molecule has 0 amide bonds. The number of aromatic amines is 2. The van der Waals surface area contributed by atoms with Gasteiger partial charge in [-0.25, -0.2) is 4.98 Å². The van der Waals surface area contributed by atoms with Crippen LogP contribution < -0.4 is 5.56 Å². The number of nitrogens with one attached hydrogen (secondary N) is 2. The lowest BCUT2D eigenvalue weighted by atomic mass is 10.1. The Morgan fingerprint density at radius 1 is 0.938 bits per heavy atom. The monoisotopic (exact) mass is 211 g/mol. The molecule has 3 aromatic rings. The van der Waals surface area contributed by atoms with Gasteiger partial charge in [0.15, 0.2) is 5.65 Å². The minimum absolute atomic E-state index is 0.137. The molecular weight excluding hydrogens is 202 g/mol. The van der Waals surface area contributed by atoms with Crippen molar-refractivity contribution in [2.45, 2.75) is 0 Å². The molecule has 3 rings (SSSR count). The SMILES string of the molecule is O=c1[nH][nH]c2nc(-c3ccccc3)ccc12. The molecule has 2 aromatic heterocycles. The lowest BCUT2D eigenvalue weighted by Gasteiger charge is -1.99. The number of aromatic nitrogens is 3. The fourth-order valence-corrected chi connectivity index (χ4v) is 1.69. The highest BCUT2D eigenvalue weighted by Crippen LogP contribution is 2.17. The molecule has 4 nitrogen and oxygen atoms in total. The number of hydrogen-bond acceptors (Lipinski definition) is 2. The zero-order chi connectivity index (χ0) is 11.0. The molecular formula is C12H9N3O. The van der Waals surface area contributed by atoms with Crippen molar-refractivity contribution in [3.63, 3.8) is 0 Å². The quantitative estimate of drug-likeness (QED) is 0.646. The van der Waals surface area contributed by atoms with Crippen molar-refractivity contribution >= 4 is 11.0 Å². The van der Waals surface area contributed by atoms with Crippen molar-refractivity contribution in [2.75, 3.05) is 0 Å². The highest BCUT2D eigenvalue weighted by Gasteiger charge is 2.04. The molecule has 0 saturated carbocycles. The van der Waals surface area contributed by atoms with E-state index in [1.54, 1.807) is 6.07 Å². The van der Waals surface area contributed by atoms with Crippen molar-refractivity contribution in [1.29, 1.82) is 0 Å². The third-order valence-electron chi connectivity index (χ3n) is 2.50. The van der Waals surface area contributed by atoms with E-state index < -0.39 is 0 Å². The number of benzene rings is 1.